The van der Waals surface area contributed by atoms with Gasteiger partial charge in [0.15, 0.2) is 11.5 Å². The average Bonchev–Trinajstić information content (AvgIpc) is 3.24. The van der Waals surface area contributed by atoms with Crippen molar-refractivity contribution in [2.75, 3.05) is 12.4 Å². The third kappa shape index (κ3) is 3.68. The van der Waals surface area contributed by atoms with Crippen LogP contribution in [0.1, 0.15) is 11.4 Å². The Hall–Kier alpha value is -3.82. The summed E-state index contributed by atoms with van der Waals surface area (Å²) in [5.41, 5.74) is 5.12. The summed E-state index contributed by atoms with van der Waals surface area (Å²) < 4.78 is 6.91. The molecule has 5 aromatic rings. The van der Waals surface area contributed by atoms with E-state index in [0.717, 1.165) is 22.3 Å². The molecule has 0 atom stereocenters. The number of aromatic nitrogens is 6. The van der Waals surface area contributed by atoms with Gasteiger partial charge in [-0.05, 0) is 29.8 Å². The number of aliphatic hydroxyl groups is 1. The number of ether oxygens (including phenoxy) is 1. The van der Waals surface area contributed by atoms with E-state index in [0.29, 0.717) is 40.0 Å². The van der Waals surface area contributed by atoms with Crippen molar-refractivity contribution in [2.24, 2.45) is 0 Å². The number of pyridine rings is 2. The van der Waals surface area contributed by atoms with E-state index in [4.69, 9.17) is 16.3 Å². The van der Waals surface area contributed by atoms with E-state index in [9.17, 15) is 5.11 Å². The number of halogens is 1. The van der Waals surface area contributed by atoms with Crippen LogP contribution in [0.5, 0.6) is 5.75 Å². The van der Waals surface area contributed by atoms with Crippen LogP contribution in [-0.2, 0) is 13.2 Å². The summed E-state index contributed by atoms with van der Waals surface area (Å²) in [5, 5.41) is 26.3. The first kappa shape index (κ1) is 20.1. The van der Waals surface area contributed by atoms with Gasteiger partial charge in [-0.2, -0.15) is 9.61 Å². The largest absolute Gasteiger partial charge is 0.495 e. The third-order valence-electron chi connectivity index (χ3n) is 5.07. The maximum Gasteiger partial charge on any atom is 0.178 e. The van der Waals surface area contributed by atoms with Crippen molar-refractivity contribution >= 4 is 34.0 Å². The van der Waals surface area contributed by atoms with Gasteiger partial charge >= 0.3 is 0 Å². The van der Waals surface area contributed by atoms with Crippen LogP contribution in [0.2, 0.25) is 5.02 Å². The summed E-state index contributed by atoms with van der Waals surface area (Å²) in [5.74, 6) is 1.29. The number of hydrogen-bond donors (Lipinski definition) is 2. The molecule has 160 valence electrons. The molecule has 0 aliphatic rings. The minimum absolute atomic E-state index is 0.113. The van der Waals surface area contributed by atoms with Crippen molar-refractivity contribution in [3.8, 4) is 17.0 Å². The Balaban J connectivity index is 1.45. The lowest BCUT2D eigenvalue weighted by Gasteiger charge is -2.09. The molecule has 10 heteroatoms. The number of aliphatic hydroxyl groups excluding tert-OH is 1. The molecular formula is C22H18ClN7O2. The second-order valence-corrected chi connectivity index (χ2v) is 7.43. The van der Waals surface area contributed by atoms with E-state index < -0.39 is 0 Å². The average molecular weight is 448 g/mol. The molecule has 4 aromatic heterocycles. The maximum absolute atomic E-state index is 9.33. The zero-order valence-electron chi connectivity index (χ0n) is 17.0. The fraction of sp³-hybridized carbons (Fsp3) is 0.136. The molecule has 0 saturated heterocycles. The van der Waals surface area contributed by atoms with Gasteiger partial charge in [-0.3, -0.25) is 4.98 Å². The fourth-order valence-electron chi connectivity index (χ4n) is 3.37. The molecule has 0 unspecified atom stereocenters. The standard InChI is InChI=1S/C22H18ClN7O2/c1-32-15-9-19-22(26-10-15)18(6-7-24-19)25-11-21-28-27-20-5-4-17(29-30(20)21)13-2-3-14(12-31)16(23)8-13/h2-10,31H,11-12H2,1H3,(H,24,25). The molecule has 0 aliphatic carbocycles. The molecule has 2 N–H and O–H groups in total. The van der Waals surface area contributed by atoms with Crippen molar-refractivity contribution < 1.29 is 9.84 Å². The highest BCUT2D eigenvalue weighted by Gasteiger charge is 2.11. The lowest BCUT2D eigenvalue weighted by molar-refractivity contribution is 0.282. The molecule has 1 aromatic carbocycles. The fourth-order valence-corrected chi connectivity index (χ4v) is 3.61. The van der Waals surface area contributed by atoms with Crippen molar-refractivity contribution in [1.29, 1.82) is 0 Å². The van der Waals surface area contributed by atoms with E-state index in [1.165, 1.54) is 0 Å². The Morgan fingerprint density at radius 3 is 2.81 bits per heavy atom. The number of fused-ring (bicyclic) bond motifs is 2. The van der Waals surface area contributed by atoms with Gasteiger partial charge in [0.1, 0.15) is 11.3 Å². The van der Waals surface area contributed by atoms with E-state index in [1.807, 2.05) is 30.3 Å². The molecule has 0 radical (unpaired) electrons. The number of nitrogens with one attached hydrogen (secondary N) is 1. The van der Waals surface area contributed by atoms with Gasteiger partial charge in [0.25, 0.3) is 0 Å². The van der Waals surface area contributed by atoms with E-state index in [2.05, 4.69) is 30.6 Å². The molecule has 0 saturated carbocycles. The van der Waals surface area contributed by atoms with E-state index in [-0.39, 0.29) is 6.61 Å². The maximum atomic E-state index is 9.33. The second kappa shape index (κ2) is 8.37. The first-order valence-corrected chi connectivity index (χ1v) is 10.2. The van der Waals surface area contributed by atoms with Crippen LogP contribution in [0.25, 0.3) is 27.9 Å². The Morgan fingerprint density at radius 1 is 1.09 bits per heavy atom. The first-order valence-electron chi connectivity index (χ1n) is 9.80. The molecule has 0 spiro atoms. The summed E-state index contributed by atoms with van der Waals surface area (Å²) in [6.07, 6.45) is 3.37. The highest BCUT2D eigenvalue weighted by atomic mass is 35.5. The molecule has 0 aliphatic heterocycles. The topological polar surface area (TPSA) is 110 Å². The molecule has 0 amide bonds. The van der Waals surface area contributed by atoms with Crippen LogP contribution in [0.4, 0.5) is 5.69 Å². The van der Waals surface area contributed by atoms with E-state index in [1.54, 1.807) is 36.2 Å². The summed E-state index contributed by atoms with van der Waals surface area (Å²) >= 11 is 6.24. The summed E-state index contributed by atoms with van der Waals surface area (Å²) in [6, 6.07) is 12.8. The van der Waals surface area contributed by atoms with Crippen molar-refractivity contribution in [2.45, 2.75) is 13.2 Å². The van der Waals surface area contributed by atoms with E-state index >= 15 is 0 Å². The molecule has 9 nitrogen and oxygen atoms in total. The highest BCUT2D eigenvalue weighted by Crippen LogP contribution is 2.25. The van der Waals surface area contributed by atoms with Gasteiger partial charge in [-0.1, -0.05) is 23.7 Å². The summed E-state index contributed by atoms with van der Waals surface area (Å²) in [6.45, 7) is 0.271. The highest BCUT2D eigenvalue weighted by molar-refractivity contribution is 6.31. The lowest BCUT2D eigenvalue weighted by atomic mass is 10.1. The van der Waals surface area contributed by atoms with Gasteiger partial charge in [0.05, 0.1) is 43.4 Å². The molecule has 32 heavy (non-hydrogen) atoms. The predicted octanol–water partition coefficient (Wildman–Crippen LogP) is 3.50. The van der Waals surface area contributed by atoms with Crippen LogP contribution in [0.15, 0.2) is 54.9 Å². The first-order chi connectivity index (χ1) is 15.7. The Morgan fingerprint density at radius 2 is 2.00 bits per heavy atom. The number of hydrogen-bond acceptors (Lipinski definition) is 8. The second-order valence-electron chi connectivity index (χ2n) is 7.02. The number of methoxy groups -OCH3 is 1. The minimum Gasteiger partial charge on any atom is -0.495 e. The predicted molar refractivity (Wildman–Crippen MR) is 121 cm³/mol. The monoisotopic (exact) mass is 447 g/mol. The number of anilines is 1. The molecule has 4 heterocycles. The molecule has 0 fully saturated rings. The zero-order chi connectivity index (χ0) is 22.1. The smallest absolute Gasteiger partial charge is 0.178 e. The number of rotatable bonds is 6. The summed E-state index contributed by atoms with van der Waals surface area (Å²) in [7, 11) is 1.59. The normalized spacial score (nSPS) is 11.2. The zero-order valence-corrected chi connectivity index (χ0v) is 17.8. The SMILES string of the molecule is COc1cnc2c(NCc3nnc4ccc(-c5ccc(CO)c(Cl)c5)nn34)ccnc2c1. The number of benzene rings is 1. The van der Waals surface area contributed by atoms with Crippen molar-refractivity contribution in [3.05, 3.63) is 71.3 Å². The van der Waals surface area contributed by atoms with Crippen LogP contribution in [-0.4, -0.2) is 42.0 Å². The lowest BCUT2D eigenvalue weighted by Crippen LogP contribution is -2.07. The van der Waals surface area contributed by atoms with Gasteiger partial charge in [0.2, 0.25) is 0 Å². The van der Waals surface area contributed by atoms with Crippen molar-refractivity contribution in [1.82, 2.24) is 29.8 Å². The van der Waals surface area contributed by atoms with Crippen LogP contribution >= 0.6 is 11.6 Å². The van der Waals surface area contributed by atoms with Gasteiger partial charge in [0, 0.05) is 22.8 Å². The molecular weight excluding hydrogens is 430 g/mol. The Bertz CT molecular complexity index is 1440. The molecule has 5 rings (SSSR count). The quantitative estimate of drug-likeness (QED) is 0.407. The van der Waals surface area contributed by atoms with Crippen LogP contribution in [0, 0.1) is 0 Å². The van der Waals surface area contributed by atoms with Gasteiger partial charge < -0.3 is 15.2 Å². The van der Waals surface area contributed by atoms with Crippen LogP contribution < -0.4 is 10.1 Å². The van der Waals surface area contributed by atoms with Crippen molar-refractivity contribution in [3.63, 3.8) is 0 Å². The Kier molecular flexibility index (Phi) is 5.26. The van der Waals surface area contributed by atoms with Gasteiger partial charge in [-0.25, -0.2) is 4.98 Å². The third-order valence-corrected chi connectivity index (χ3v) is 5.42. The molecule has 0 bridgehead atoms. The van der Waals surface area contributed by atoms with Gasteiger partial charge in [-0.15, -0.1) is 10.2 Å². The summed E-state index contributed by atoms with van der Waals surface area (Å²) in [4.78, 5) is 8.81. The Labute approximate surface area is 187 Å². The minimum atomic E-state index is -0.113. The number of nitrogens with zero attached hydrogens (tertiary/aromatic N) is 6. The van der Waals surface area contributed by atoms with Crippen LogP contribution in [0.3, 0.4) is 0 Å².